The molecule has 1 aliphatic heterocycles. The molecular formula is C12H7ClO7. The van der Waals surface area contributed by atoms with Crippen LogP contribution < -0.4 is 9.47 Å². The minimum atomic E-state index is -1.72. The number of ketones is 1. The van der Waals surface area contributed by atoms with E-state index in [1.54, 1.807) is 0 Å². The predicted molar refractivity (Wildman–Crippen MR) is 65.0 cm³/mol. The summed E-state index contributed by atoms with van der Waals surface area (Å²) in [6.07, 6.45) is 0. The van der Waals surface area contributed by atoms with Crippen LogP contribution in [0.15, 0.2) is 28.8 Å². The maximum Gasteiger partial charge on any atom is 0.348 e. The van der Waals surface area contributed by atoms with Crippen LogP contribution in [0.25, 0.3) is 0 Å². The van der Waals surface area contributed by atoms with E-state index in [9.17, 15) is 14.4 Å². The number of halogens is 1. The van der Waals surface area contributed by atoms with E-state index in [0.29, 0.717) is 5.75 Å². The Labute approximate surface area is 117 Å². The van der Waals surface area contributed by atoms with Crippen LogP contribution in [-0.4, -0.2) is 34.7 Å². The van der Waals surface area contributed by atoms with Crippen LogP contribution in [0.4, 0.5) is 0 Å². The Morgan fingerprint density at radius 2 is 1.70 bits per heavy atom. The fraction of sp³-hybridized carbons (Fsp3) is 0.0833. The van der Waals surface area contributed by atoms with Crippen molar-refractivity contribution in [3.05, 3.63) is 34.4 Å². The number of carbonyl (C=O) groups excluding carboxylic acids is 1. The van der Waals surface area contributed by atoms with E-state index in [2.05, 4.69) is 0 Å². The molecule has 0 saturated heterocycles. The Balaban J connectivity index is 2.46. The Kier molecular flexibility index (Phi) is 3.62. The lowest BCUT2D eigenvalue weighted by Crippen LogP contribution is -2.17. The minimum absolute atomic E-state index is 0.00944. The zero-order valence-electron chi connectivity index (χ0n) is 9.75. The SMILES string of the molecule is O=C(O)C(Cl)=C(C(=O)O)C(=O)c1ccc2c(c1)OCO2. The van der Waals surface area contributed by atoms with Gasteiger partial charge in [0.2, 0.25) is 12.6 Å². The first-order valence-corrected chi connectivity index (χ1v) is 5.60. The normalized spacial score (nSPS) is 13.7. The van der Waals surface area contributed by atoms with Gasteiger partial charge in [0, 0.05) is 5.56 Å². The molecule has 0 unspecified atom stereocenters. The molecule has 0 bridgehead atoms. The highest BCUT2D eigenvalue weighted by molar-refractivity contribution is 6.46. The van der Waals surface area contributed by atoms with Crippen molar-refractivity contribution < 1.29 is 34.1 Å². The van der Waals surface area contributed by atoms with Crippen molar-refractivity contribution in [1.82, 2.24) is 0 Å². The molecule has 0 spiro atoms. The average Bonchev–Trinajstić information content (AvgIpc) is 2.85. The first kappa shape index (κ1) is 13.9. The number of carboxylic acids is 2. The lowest BCUT2D eigenvalue weighted by atomic mass is 10.0. The molecule has 0 aliphatic carbocycles. The second kappa shape index (κ2) is 5.22. The minimum Gasteiger partial charge on any atom is -0.477 e. The summed E-state index contributed by atoms with van der Waals surface area (Å²) in [4.78, 5) is 33.8. The van der Waals surface area contributed by atoms with E-state index in [1.807, 2.05) is 0 Å². The van der Waals surface area contributed by atoms with Gasteiger partial charge in [-0.1, -0.05) is 11.6 Å². The molecule has 0 aromatic heterocycles. The molecule has 0 saturated carbocycles. The summed E-state index contributed by atoms with van der Waals surface area (Å²) in [6.45, 7) is -0.00944. The number of benzene rings is 1. The van der Waals surface area contributed by atoms with Crippen molar-refractivity contribution in [2.24, 2.45) is 0 Å². The van der Waals surface area contributed by atoms with E-state index in [-0.39, 0.29) is 18.1 Å². The number of fused-ring (bicyclic) bond motifs is 1. The lowest BCUT2D eigenvalue weighted by Gasteiger charge is -2.04. The monoisotopic (exact) mass is 298 g/mol. The van der Waals surface area contributed by atoms with Crippen molar-refractivity contribution in [1.29, 1.82) is 0 Å². The molecule has 2 rings (SSSR count). The summed E-state index contributed by atoms with van der Waals surface area (Å²) >= 11 is 5.36. The topological polar surface area (TPSA) is 110 Å². The van der Waals surface area contributed by atoms with Gasteiger partial charge in [-0.25, -0.2) is 9.59 Å². The number of carbonyl (C=O) groups is 3. The zero-order valence-corrected chi connectivity index (χ0v) is 10.5. The lowest BCUT2D eigenvalue weighted by molar-refractivity contribution is -0.135. The van der Waals surface area contributed by atoms with Gasteiger partial charge in [-0.3, -0.25) is 4.79 Å². The molecule has 1 heterocycles. The van der Waals surface area contributed by atoms with Crippen LogP contribution in [0.5, 0.6) is 11.5 Å². The molecular weight excluding hydrogens is 292 g/mol. The standard InChI is InChI=1S/C12H7ClO7/c13-9(12(17)18)8(11(15)16)10(14)5-1-2-6-7(3-5)20-4-19-6/h1-3H,4H2,(H,15,16)(H,17,18). The number of rotatable bonds is 4. The number of Topliss-reactive ketones (excluding diaryl/α,β-unsaturated/α-hetero) is 1. The molecule has 20 heavy (non-hydrogen) atoms. The Morgan fingerprint density at radius 3 is 2.30 bits per heavy atom. The van der Waals surface area contributed by atoms with Crippen molar-refractivity contribution in [3.8, 4) is 11.5 Å². The van der Waals surface area contributed by atoms with Gasteiger partial charge >= 0.3 is 11.9 Å². The van der Waals surface area contributed by atoms with Gasteiger partial charge in [0.15, 0.2) is 11.5 Å². The van der Waals surface area contributed by atoms with Crippen molar-refractivity contribution in [2.45, 2.75) is 0 Å². The van der Waals surface area contributed by atoms with E-state index >= 15 is 0 Å². The van der Waals surface area contributed by atoms with Crippen LogP contribution in [-0.2, 0) is 9.59 Å². The van der Waals surface area contributed by atoms with Crippen molar-refractivity contribution >= 4 is 29.3 Å². The second-order valence-corrected chi connectivity index (χ2v) is 4.07. The van der Waals surface area contributed by atoms with Crippen LogP contribution in [0.3, 0.4) is 0 Å². The summed E-state index contributed by atoms with van der Waals surface area (Å²) in [6, 6.07) is 3.98. The second-order valence-electron chi connectivity index (χ2n) is 3.70. The fourth-order valence-electron chi connectivity index (χ4n) is 1.58. The number of carboxylic acid groups (broad SMARTS) is 2. The highest BCUT2D eigenvalue weighted by Crippen LogP contribution is 2.33. The predicted octanol–water partition coefficient (Wildman–Crippen LogP) is 1.26. The highest BCUT2D eigenvalue weighted by Gasteiger charge is 2.28. The molecule has 1 aromatic rings. The Bertz CT molecular complexity index is 647. The zero-order chi connectivity index (χ0) is 14.9. The maximum atomic E-state index is 12.0. The van der Waals surface area contributed by atoms with E-state index < -0.39 is 28.3 Å². The molecule has 0 amide bonds. The van der Waals surface area contributed by atoms with Gasteiger partial charge in [0.1, 0.15) is 10.6 Å². The maximum absolute atomic E-state index is 12.0. The summed E-state index contributed by atoms with van der Waals surface area (Å²) in [5.74, 6) is -3.76. The van der Waals surface area contributed by atoms with Crippen LogP contribution >= 0.6 is 11.6 Å². The van der Waals surface area contributed by atoms with Crippen molar-refractivity contribution in [2.75, 3.05) is 6.79 Å². The van der Waals surface area contributed by atoms with E-state index in [0.717, 1.165) is 0 Å². The summed E-state index contributed by atoms with van der Waals surface area (Å²) in [5.41, 5.74) is -1.08. The average molecular weight is 299 g/mol. The third kappa shape index (κ3) is 2.43. The Morgan fingerprint density at radius 1 is 1.05 bits per heavy atom. The molecule has 104 valence electrons. The molecule has 2 N–H and O–H groups in total. The van der Waals surface area contributed by atoms with Gasteiger partial charge in [-0.2, -0.15) is 0 Å². The summed E-state index contributed by atoms with van der Waals surface area (Å²) in [7, 11) is 0. The van der Waals surface area contributed by atoms with Gasteiger partial charge in [0.25, 0.3) is 0 Å². The fourth-order valence-corrected chi connectivity index (χ4v) is 1.75. The van der Waals surface area contributed by atoms with Gasteiger partial charge in [-0.15, -0.1) is 0 Å². The number of ether oxygens (including phenoxy) is 2. The molecule has 0 atom stereocenters. The largest absolute Gasteiger partial charge is 0.477 e. The Hall–Kier alpha value is -2.54. The van der Waals surface area contributed by atoms with Crippen molar-refractivity contribution in [3.63, 3.8) is 0 Å². The van der Waals surface area contributed by atoms with Crippen LogP contribution in [0.1, 0.15) is 10.4 Å². The number of aliphatic carboxylic acids is 2. The van der Waals surface area contributed by atoms with E-state index in [4.69, 9.17) is 31.3 Å². The smallest absolute Gasteiger partial charge is 0.348 e. The molecule has 8 heteroatoms. The van der Waals surface area contributed by atoms with Gasteiger partial charge in [-0.05, 0) is 18.2 Å². The summed E-state index contributed by atoms with van der Waals surface area (Å²) in [5, 5.41) is 16.6. The quantitative estimate of drug-likeness (QED) is 0.372. The van der Waals surface area contributed by atoms with E-state index in [1.165, 1.54) is 18.2 Å². The molecule has 1 aromatic carbocycles. The molecule has 7 nitrogen and oxygen atoms in total. The third-order valence-electron chi connectivity index (χ3n) is 2.48. The first-order valence-electron chi connectivity index (χ1n) is 5.22. The first-order chi connectivity index (χ1) is 9.41. The van der Waals surface area contributed by atoms with Gasteiger partial charge in [0.05, 0.1) is 0 Å². The van der Waals surface area contributed by atoms with Crippen LogP contribution in [0.2, 0.25) is 0 Å². The highest BCUT2D eigenvalue weighted by atomic mass is 35.5. The molecule has 0 fully saturated rings. The van der Waals surface area contributed by atoms with Crippen LogP contribution in [0, 0.1) is 0 Å². The molecule has 0 radical (unpaired) electrons. The molecule has 1 aliphatic rings. The number of hydrogen-bond donors (Lipinski definition) is 2. The third-order valence-corrected chi connectivity index (χ3v) is 2.83. The van der Waals surface area contributed by atoms with Gasteiger partial charge < -0.3 is 19.7 Å². The number of hydrogen-bond acceptors (Lipinski definition) is 5. The summed E-state index contributed by atoms with van der Waals surface area (Å²) < 4.78 is 10.1.